The van der Waals surface area contributed by atoms with Gasteiger partial charge in [0.25, 0.3) is 0 Å². The molecule has 0 saturated heterocycles. The SMILES string of the molecule is C=COC(=O)OCCCCCCCCCCCCC. The number of ether oxygens (including phenoxy) is 2. The smallest absolute Gasteiger partial charge is 0.434 e. The van der Waals surface area contributed by atoms with Crippen LogP contribution in [0, 0.1) is 0 Å². The molecule has 0 aromatic heterocycles. The summed E-state index contributed by atoms with van der Waals surface area (Å²) in [5.41, 5.74) is 0. The average Bonchev–Trinajstić information content (AvgIpc) is 2.40. The molecule has 0 N–H and O–H groups in total. The molecule has 112 valence electrons. The Kier molecular flexibility index (Phi) is 14.3. The molecular formula is C16H30O3. The van der Waals surface area contributed by atoms with E-state index >= 15 is 0 Å². The zero-order valence-electron chi connectivity index (χ0n) is 12.5. The van der Waals surface area contributed by atoms with Gasteiger partial charge in [-0.3, -0.25) is 0 Å². The van der Waals surface area contributed by atoms with Gasteiger partial charge < -0.3 is 9.47 Å². The zero-order valence-corrected chi connectivity index (χ0v) is 12.5. The first-order valence-corrected chi connectivity index (χ1v) is 7.75. The van der Waals surface area contributed by atoms with Crippen molar-refractivity contribution in [3.63, 3.8) is 0 Å². The zero-order chi connectivity index (χ0) is 14.2. The lowest BCUT2D eigenvalue weighted by Gasteiger charge is -2.03. The van der Waals surface area contributed by atoms with Gasteiger partial charge in [-0.2, -0.15) is 0 Å². The molecular weight excluding hydrogens is 240 g/mol. The quantitative estimate of drug-likeness (QED) is 0.248. The van der Waals surface area contributed by atoms with Crippen LogP contribution >= 0.6 is 0 Å². The fraction of sp³-hybridized carbons (Fsp3) is 0.812. The normalized spacial score (nSPS) is 10.2. The average molecular weight is 270 g/mol. The lowest BCUT2D eigenvalue weighted by Crippen LogP contribution is -2.04. The minimum atomic E-state index is -0.651. The standard InChI is InChI=1S/C16H30O3/c1-3-5-6-7-8-9-10-11-12-13-14-15-19-16(17)18-4-2/h4H,2-3,5-15H2,1H3. The summed E-state index contributed by atoms with van der Waals surface area (Å²) in [7, 11) is 0. The van der Waals surface area contributed by atoms with Crippen molar-refractivity contribution in [1.82, 2.24) is 0 Å². The Balaban J connectivity index is 3.02. The third-order valence-electron chi connectivity index (χ3n) is 3.15. The fourth-order valence-corrected chi connectivity index (χ4v) is 2.02. The van der Waals surface area contributed by atoms with E-state index in [1.54, 1.807) is 0 Å². The van der Waals surface area contributed by atoms with Crippen LogP contribution in [0.1, 0.15) is 77.6 Å². The van der Waals surface area contributed by atoms with Gasteiger partial charge in [0.1, 0.15) is 0 Å². The summed E-state index contributed by atoms with van der Waals surface area (Å²) in [6, 6.07) is 0. The first-order chi connectivity index (χ1) is 9.31. The number of hydrogen-bond acceptors (Lipinski definition) is 3. The van der Waals surface area contributed by atoms with E-state index in [0.717, 1.165) is 19.1 Å². The Bertz CT molecular complexity index is 214. The molecule has 0 unspecified atom stereocenters. The Labute approximate surface area is 118 Å². The van der Waals surface area contributed by atoms with E-state index in [0.29, 0.717) is 6.61 Å². The van der Waals surface area contributed by atoms with Gasteiger partial charge in [0.15, 0.2) is 0 Å². The maximum atomic E-state index is 10.8. The van der Waals surface area contributed by atoms with Crippen molar-refractivity contribution < 1.29 is 14.3 Å². The lowest BCUT2D eigenvalue weighted by atomic mass is 10.1. The number of carbonyl (C=O) groups excluding carboxylic acids is 1. The first kappa shape index (κ1) is 18.0. The number of unbranched alkanes of at least 4 members (excludes halogenated alkanes) is 10. The Morgan fingerprint density at radius 1 is 0.895 bits per heavy atom. The van der Waals surface area contributed by atoms with Crippen LogP contribution in [0.25, 0.3) is 0 Å². The van der Waals surface area contributed by atoms with E-state index in [1.807, 2.05) is 0 Å². The molecule has 0 aliphatic heterocycles. The summed E-state index contributed by atoms with van der Waals surface area (Å²) in [5.74, 6) is 0. The van der Waals surface area contributed by atoms with Gasteiger partial charge in [-0.15, -0.1) is 0 Å². The van der Waals surface area contributed by atoms with Gasteiger partial charge in [0.2, 0.25) is 0 Å². The molecule has 0 rings (SSSR count). The van der Waals surface area contributed by atoms with Crippen molar-refractivity contribution in [3.05, 3.63) is 12.8 Å². The van der Waals surface area contributed by atoms with Crippen molar-refractivity contribution >= 4 is 6.16 Å². The molecule has 0 fully saturated rings. The van der Waals surface area contributed by atoms with Gasteiger partial charge in [-0.05, 0) is 6.42 Å². The molecule has 0 spiro atoms. The number of carbonyl (C=O) groups is 1. The molecule has 3 heteroatoms. The molecule has 0 bridgehead atoms. The molecule has 0 saturated carbocycles. The maximum Gasteiger partial charge on any atom is 0.513 e. The third kappa shape index (κ3) is 15.0. The first-order valence-electron chi connectivity index (χ1n) is 7.75. The summed E-state index contributed by atoms with van der Waals surface area (Å²) in [5, 5.41) is 0. The van der Waals surface area contributed by atoms with Crippen LogP contribution < -0.4 is 0 Å². The minimum absolute atomic E-state index is 0.448. The highest BCUT2D eigenvalue weighted by atomic mass is 16.7. The second-order valence-electron chi connectivity index (χ2n) is 4.92. The van der Waals surface area contributed by atoms with E-state index in [4.69, 9.17) is 4.74 Å². The predicted molar refractivity (Wildman–Crippen MR) is 79.1 cm³/mol. The van der Waals surface area contributed by atoms with Gasteiger partial charge in [-0.25, -0.2) is 4.79 Å². The van der Waals surface area contributed by atoms with Crippen molar-refractivity contribution in [2.24, 2.45) is 0 Å². The topological polar surface area (TPSA) is 35.5 Å². The number of hydrogen-bond donors (Lipinski definition) is 0. The lowest BCUT2D eigenvalue weighted by molar-refractivity contribution is 0.0833. The molecule has 0 aromatic carbocycles. The third-order valence-corrected chi connectivity index (χ3v) is 3.15. The highest BCUT2D eigenvalue weighted by Gasteiger charge is 1.99. The highest BCUT2D eigenvalue weighted by molar-refractivity contribution is 5.60. The van der Waals surface area contributed by atoms with Crippen LogP contribution in [0.2, 0.25) is 0 Å². The summed E-state index contributed by atoms with van der Waals surface area (Å²) >= 11 is 0. The van der Waals surface area contributed by atoms with Gasteiger partial charge in [0.05, 0.1) is 12.9 Å². The van der Waals surface area contributed by atoms with E-state index in [1.165, 1.54) is 57.8 Å². The fourth-order valence-electron chi connectivity index (χ4n) is 2.02. The van der Waals surface area contributed by atoms with Crippen LogP contribution in [0.5, 0.6) is 0 Å². The molecule has 0 aliphatic carbocycles. The molecule has 3 nitrogen and oxygen atoms in total. The largest absolute Gasteiger partial charge is 0.513 e. The molecule has 0 aromatic rings. The maximum absolute atomic E-state index is 10.8. The van der Waals surface area contributed by atoms with Crippen LogP contribution in [0.15, 0.2) is 12.8 Å². The monoisotopic (exact) mass is 270 g/mol. The van der Waals surface area contributed by atoms with Crippen molar-refractivity contribution in [2.45, 2.75) is 77.6 Å². The van der Waals surface area contributed by atoms with Crippen molar-refractivity contribution in [1.29, 1.82) is 0 Å². The van der Waals surface area contributed by atoms with E-state index in [9.17, 15) is 4.79 Å². The predicted octanol–water partition coefficient (Wildman–Crippen LogP) is 5.59. The highest BCUT2D eigenvalue weighted by Crippen LogP contribution is 2.11. The van der Waals surface area contributed by atoms with Crippen LogP contribution in [0.3, 0.4) is 0 Å². The van der Waals surface area contributed by atoms with Crippen LogP contribution in [-0.2, 0) is 9.47 Å². The molecule has 0 radical (unpaired) electrons. The Morgan fingerprint density at radius 2 is 1.37 bits per heavy atom. The summed E-state index contributed by atoms with van der Waals surface area (Å²) in [6.45, 7) is 5.99. The second-order valence-corrected chi connectivity index (χ2v) is 4.92. The van der Waals surface area contributed by atoms with Crippen molar-refractivity contribution in [3.8, 4) is 0 Å². The van der Waals surface area contributed by atoms with Crippen LogP contribution in [0.4, 0.5) is 4.79 Å². The van der Waals surface area contributed by atoms with Gasteiger partial charge >= 0.3 is 6.16 Å². The Hall–Kier alpha value is -0.990. The summed E-state index contributed by atoms with van der Waals surface area (Å²) in [6.07, 6.45) is 14.6. The van der Waals surface area contributed by atoms with E-state index < -0.39 is 6.16 Å². The Morgan fingerprint density at radius 3 is 1.84 bits per heavy atom. The molecule has 0 heterocycles. The second kappa shape index (κ2) is 15.1. The molecule has 0 atom stereocenters. The van der Waals surface area contributed by atoms with E-state index in [-0.39, 0.29) is 0 Å². The van der Waals surface area contributed by atoms with Gasteiger partial charge in [-0.1, -0.05) is 77.7 Å². The molecule has 19 heavy (non-hydrogen) atoms. The van der Waals surface area contributed by atoms with Crippen LogP contribution in [-0.4, -0.2) is 12.8 Å². The summed E-state index contributed by atoms with van der Waals surface area (Å²) < 4.78 is 9.28. The molecule has 0 amide bonds. The molecule has 0 aliphatic rings. The van der Waals surface area contributed by atoms with Crippen molar-refractivity contribution in [2.75, 3.05) is 6.61 Å². The summed E-state index contributed by atoms with van der Waals surface area (Å²) in [4.78, 5) is 10.8. The van der Waals surface area contributed by atoms with Gasteiger partial charge in [0, 0.05) is 0 Å². The van der Waals surface area contributed by atoms with E-state index in [2.05, 4.69) is 18.2 Å². The number of rotatable bonds is 13. The minimum Gasteiger partial charge on any atom is -0.434 e.